The van der Waals surface area contributed by atoms with Gasteiger partial charge in [-0.05, 0) is 6.07 Å². The van der Waals surface area contributed by atoms with Crippen molar-refractivity contribution >= 4 is 16.9 Å². The highest BCUT2D eigenvalue weighted by molar-refractivity contribution is 5.85. The quantitative estimate of drug-likeness (QED) is 0.768. The topological polar surface area (TPSA) is 75.9 Å². The molecule has 6 nitrogen and oxygen atoms in total. The van der Waals surface area contributed by atoms with Crippen molar-refractivity contribution in [3.05, 3.63) is 47.9 Å². The van der Waals surface area contributed by atoms with Crippen LogP contribution in [0.3, 0.4) is 0 Å². The van der Waals surface area contributed by atoms with Crippen molar-refractivity contribution in [2.75, 3.05) is 11.9 Å². The number of fused-ring (bicyclic) bond motifs is 1. The molecule has 0 aliphatic heterocycles. The van der Waals surface area contributed by atoms with Gasteiger partial charge in [-0.25, -0.2) is 18.7 Å². The van der Waals surface area contributed by atoms with E-state index >= 15 is 0 Å². The first-order valence-electron chi connectivity index (χ1n) is 6.56. The summed E-state index contributed by atoms with van der Waals surface area (Å²) in [6, 6.07) is 3.06. The van der Waals surface area contributed by atoms with E-state index in [-0.39, 0.29) is 12.1 Å². The molecule has 3 rings (SSSR count). The minimum atomic E-state index is -1.14. The third-order valence-electron chi connectivity index (χ3n) is 3.31. The number of nitrogens with zero attached hydrogens (tertiary/aromatic N) is 4. The number of hydrogen-bond donors (Lipinski definition) is 2. The number of aryl methyl sites for hydroxylation is 1. The Morgan fingerprint density at radius 2 is 2.14 bits per heavy atom. The van der Waals surface area contributed by atoms with Gasteiger partial charge in [0.1, 0.15) is 23.8 Å². The van der Waals surface area contributed by atoms with Crippen molar-refractivity contribution in [1.29, 1.82) is 0 Å². The average Bonchev–Trinajstić information content (AvgIpc) is 2.87. The van der Waals surface area contributed by atoms with Crippen LogP contribution in [0.2, 0.25) is 0 Å². The number of nitrogens with one attached hydrogen (secondary N) is 1. The maximum atomic E-state index is 13.6. The SMILES string of the molecule is Cn1ncc2c(NCC(O)c3ccc(F)cc3F)ncnc21. The van der Waals surface area contributed by atoms with E-state index in [0.717, 1.165) is 12.1 Å². The van der Waals surface area contributed by atoms with Gasteiger partial charge in [0.25, 0.3) is 0 Å². The molecule has 2 N–H and O–H groups in total. The molecule has 0 saturated carbocycles. The second-order valence-electron chi connectivity index (χ2n) is 4.79. The molecule has 0 aliphatic carbocycles. The van der Waals surface area contributed by atoms with Gasteiger partial charge in [-0.15, -0.1) is 0 Å². The number of hydrogen-bond acceptors (Lipinski definition) is 5. The molecule has 0 amide bonds. The van der Waals surface area contributed by atoms with Crippen molar-refractivity contribution in [2.24, 2.45) is 7.05 Å². The Kier molecular flexibility index (Phi) is 3.68. The van der Waals surface area contributed by atoms with Gasteiger partial charge in [0.2, 0.25) is 0 Å². The van der Waals surface area contributed by atoms with Crippen LogP contribution < -0.4 is 5.32 Å². The van der Waals surface area contributed by atoms with Crippen LogP contribution in [0.1, 0.15) is 11.7 Å². The fourth-order valence-corrected chi connectivity index (χ4v) is 2.18. The van der Waals surface area contributed by atoms with Crippen LogP contribution in [0.4, 0.5) is 14.6 Å². The predicted octanol–water partition coefficient (Wildman–Crippen LogP) is 1.79. The van der Waals surface area contributed by atoms with Crippen molar-refractivity contribution in [2.45, 2.75) is 6.10 Å². The van der Waals surface area contributed by atoms with Crippen LogP contribution in [0.15, 0.2) is 30.7 Å². The highest BCUT2D eigenvalue weighted by Crippen LogP contribution is 2.21. The van der Waals surface area contributed by atoms with E-state index in [9.17, 15) is 13.9 Å². The molecule has 1 unspecified atom stereocenters. The molecule has 2 aromatic heterocycles. The molecule has 22 heavy (non-hydrogen) atoms. The summed E-state index contributed by atoms with van der Waals surface area (Å²) in [5.74, 6) is -0.988. The fourth-order valence-electron chi connectivity index (χ4n) is 2.18. The van der Waals surface area contributed by atoms with Gasteiger partial charge in [-0.3, -0.25) is 4.68 Å². The number of aromatic nitrogens is 4. The molecule has 1 atom stereocenters. The van der Waals surface area contributed by atoms with Gasteiger partial charge >= 0.3 is 0 Å². The minimum Gasteiger partial charge on any atom is -0.386 e. The first kappa shape index (κ1) is 14.3. The highest BCUT2D eigenvalue weighted by atomic mass is 19.1. The molecule has 114 valence electrons. The van der Waals surface area contributed by atoms with E-state index in [4.69, 9.17) is 0 Å². The van der Waals surface area contributed by atoms with Gasteiger partial charge in [0.15, 0.2) is 5.65 Å². The smallest absolute Gasteiger partial charge is 0.163 e. The van der Waals surface area contributed by atoms with Crippen LogP contribution in [0, 0.1) is 11.6 Å². The number of halogens is 2. The lowest BCUT2D eigenvalue weighted by Gasteiger charge is -2.13. The number of rotatable bonds is 4. The molecule has 0 aliphatic rings. The fraction of sp³-hybridized carbons (Fsp3) is 0.214. The van der Waals surface area contributed by atoms with Gasteiger partial charge in [-0.2, -0.15) is 5.10 Å². The first-order chi connectivity index (χ1) is 10.6. The van der Waals surface area contributed by atoms with E-state index in [1.165, 1.54) is 12.4 Å². The molecule has 0 spiro atoms. The summed E-state index contributed by atoms with van der Waals surface area (Å²) in [6.07, 6.45) is 1.84. The first-order valence-corrected chi connectivity index (χ1v) is 6.56. The lowest BCUT2D eigenvalue weighted by molar-refractivity contribution is 0.186. The minimum absolute atomic E-state index is 0.0174. The molecule has 8 heteroatoms. The van der Waals surface area contributed by atoms with E-state index in [2.05, 4.69) is 20.4 Å². The van der Waals surface area contributed by atoms with Gasteiger partial charge in [0, 0.05) is 25.2 Å². The van der Waals surface area contributed by atoms with Crippen LogP contribution in [-0.4, -0.2) is 31.4 Å². The standard InChI is InChI=1S/C14H13F2N5O/c1-21-14-10(5-20-21)13(18-7-19-14)17-6-12(22)9-3-2-8(15)4-11(9)16/h2-5,7,12,22H,6H2,1H3,(H,17,18,19). The molecular formula is C14H13F2N5O. The van der Waals surface area contributed by atoms with Crippen LogP contribution in [0.5, 0.6) is 0 Å². The Morgan fingerprint density at radius 1 is 1.32 bits per heavy atom. The molecule has 0 saturated heterocycles. The van der Waals surface area contributed by atoms with Crippen molar-refractivity contribution in [3.8, 4) is 0 Å². The second kappa shape index (κ2) is 5.64. The van der Waals surface area contributed by atoms with Crippen LogP contribution >= 0.6 is 0 Å². The molecule has 0 bridgehead atoms. The zero-order valence-electron chi connectivity index (χ0n) is 11.7. The summed E-state index contributed by atoms with van der Waals surface area (Å²) in [4.78, 5) is 8.18. The van der Waals surface area contributed by atoms with Crippen molar-refractivity contribution in [3.63, 3.8) is 0 Å². The Morgan fingerprint density at radius 3 is 2.91 bits per heavy atom. The Balaban J connectivity index is 1.79. The molecule has 1 aromatic carbocycles. The Bertz CT molecular complexity index is 820. The van der Waals surface area contributed by atoms with Crippen molar-refractivity contribution in [1.82, 2.24) is 19.7 Å². The molecule has 3 aromatic rings. The number of anilines is 1. The summed E-state index contributed by atoms with van der Waals surface area (Å²) < 4.78 is 28.1. The summed E-state index contributed by atoms with van der Waals surface area (Å²) in [7, 11) is 1.75. The second-order valence-corrected chi connectivity index (χ2v) is 4.79. The largest absolute Gasteiger partial charge is 0.386 e. The normalized spacial score (nSPS) is 12.5. The average molecular weight is 305 g/mol. The van der Waals surface area contributed by atoms with Gasteiger partial charge in [-0.1, -0.05) is 6.07 Å². The Hall–Kier alpha value is -2.61. The molecule has 2 heterocycles. The predicted molar refractivity (Wildman–Crippen MR) is 76.1 cm³/mol. The van der Waals surface area contributed by atoms with Crippen LogP contribution in [-0.2, 0) is 7.05 Å². The van der Waals surface area contributed by atoms with Gasteiger partial charge < -0.3 is 10.4 Å². The third-order valence-corrected chi connectivity index (χ3v) is 3.31. The number of aliphatic hydroxyl groups excluding tert-OH is 1. The highest BCUT2D eigenvalue weighted by Gasteiger charge is 2.15. The lowest BCUT2D eigenvalue weighted by atomic mass is 10.1. The molecular weight excluding hydrogens is 292 g/mol. The van der Waals surface area contributed by atoms with Crippen LogP contribution in [0.25, 0.3) is 11.0 Å². The number of benzene rings is 1. The van der Waals surface area contributed by atoms with E-state index in [0.29, 0.717) is 16.9 Å². The maximum Gasteiger partial charge on any atom is 0.163 e. The van der Waals surface area contributed by atoms with E-state index in [1.807, 2.05) is 0 Å². The Labute approximate surface area is 124 Å². The summed E-state index contributed by atoms with van der Waals surface area (Å²) in [5, 5.41) is 17.7. The lowest BCUT2D eigenvalue weighted by Crippen LogP contribution is -2.14. The summed E-state index contributed by atoms with van der Waals surface area (Å²) in [6.45, 7) is 0.0174. The summed E-state index contributed by atoms with van der Waals surface area (Å²) in [5.41, 5.74) is 0.658. The zero-order valence-corrected chi connectivity index (χ0v) is 11.7. The maximum absolute atomic E-state index is 13.6. The van der Waals surface area contributed by atoms with Gasteiger partial charge in [0.05, 0.1) is 17.7 Å². The molecule has 0 fully saturated rings. The molecule has 0 radical (unpaired) electrons. The third kappa shape index (κ3) is 2.60. The number of aliphatic hydroxyl groups is 1. The zero-order chi connectivity index (χ0) is 15.7. The van der Waals surface area contributed by atoms with E-state index in [1.54, 1.807) is 17.9 Å². The van der Waals surface area contributed by atoms with E-state index < -0.39 is 17.7 Å². The van der Waals surface area contributed by atoms with Crippen molar-refractivity contribution < 1.29 is 13.9 Å². The summed E-state index contributed by atoms with van der Waals surface area (Å²) >= 11 is 0. The monoisotopic (exact) mass is 305 g/mol.